The van der Waals surface area contributed by atoms with E-state index in [-0.39, 0.29) is 41.9 Å². The molecular formula is C21H24N4O4. The van der Waals surface area contributed by atoms with Gasteiger partial charge in [-0.05, 0) is 36.1 Å². The molecule has 0 aromatic carbocycles. The fourth-order valence-electron chi connectivity index (χ4n) is 4.57. The summed E-state index contributed by atoms with van der Waals surface area (Å²) >= 11 is 0. The largest absolute Gasteiger partial charge is 0.392 e. The van der Waals surface area contributed by atoms with E-state index < -0.39 is 0 Å². The minimum Gasteiger partial charge on any atom is -0.392 e. The number of hydrogen-bond acceptors (Lipinski definition) is 5. The summed E-state index contributed by atoms with van der Waals surface area (Å²) in [5.74, 6) is -0.217. The Morgan fingerprint density at radius 3 is 2.86 bits per heavy atom. The second kappa shape index (κ2) is 7.79. The minimum absolute atomic E-state index is 0.0539. The van der Waals surface area contributed by atoms with Crippen LogP contribution in [0.1, 0.15) is 47.1 Å². The molecule has 0 saturated carbocycles. The normalized spacial score (nSPS) is 22.7. The number of pyridine rings is 2. The Balaban J connectivity index is 1.66. The van der Waals surface area contributed by atoms with Gasteiger partial charge in [-0.2, -0.15) is 0 Å². The van der Waals surface area contributed by atoms with Gasteiger partial charge in [0, 0.05) is 50.4 Å². The first kappa shape index (κ1) is 19.3. The second-order valence-corrected chi connectivity index (χ2v) is 7.77. The first-order chi connectivity index (χ1) is 14.0. The molecule has 2 aliphatic rings. The number of aliphatic hydroxyl groups excluding tert-OH is 1. The first-order valence-electron chi connectivity index (χ1n) is 9.79. The molecule has 0 unspecified atom stereocenters. The minimum atomic E-state index is -0.203. The van der Waals surface area contributed by atoms with Gasteiger partial charge in [-0.15, -0.1) is 0 Å². The third-order valence-electron chi connectivity index (χ3n) is 5.87. The van der Waals surface area contributed by atoms with Crippen molar-refractivity contribution in [3.63, 3.8) is 0 Å². The van der Waals surface area contributed by atoms with Gasteiger partial charge >= 0.3 is 0 Å². The van der Waals surface area contributed by atoms with Crippen LogP contribution in [0, 0.1) is 5.92 Å². The maximum Gasteiger partial charge on any atom is 0.272 e. The van der Waals surface area contributed by atoms with Crippen LogP contribution in [0.5, 0.6) is 0 Å². The number of aliphatic hydroxyl groups is 1. The quantitative estimate of drug-likeness (QED) is 0.791. The third kappa shape index (κ3) is 3.67. The number of rotatable bonds is 4. The lowest BCUT2D eigenvalue weighted by atomic mass is 9.78. The van der Waals surface area contributed by atoms with Crippen molar-refractivity contribution < 1.29 is 14.7 Å². The van der Waals surface area contributed by atoms with E-state index in [1.54, 1.807) is 33.7 Å². The van der Waals surface area contributed by atoms with Gasteiger partial charge in [-0.1, -0.05) is 6.07 Å². The van der Waals surface area contributed by atoms with Gasteiger partial charge in [-0.25, -0.2) is 0 Å². The van der Waals surface area contributed by atoms with Gasteiger partial charge in [0.2, 0.25) is 5.91 Å². The highest BCUT2D eigenvalue weighted by molar-refractivity contribution is 5.92. The molecule has 2 N–H and O–H groups in total. The average molecular weight is 396 g/mol. The van der Waals surface area contributed by atoms with Gasteiger partial charge in [0.1, 0.15) is 5.69 Å². The van der Waals surface area contributed by atoms with Gasteiger partial charge < -0.3 is 19.9 Å². The lowest BCUT2D eigenvalue weighted by molar-refractivity contribution is -0.119. The number of fused-ring (bicyclic) bond motifs is 4. The SMILES string of the molecule is CC(=O)NC[C@H]1[C@H]2C[C@H](CN(C(=O)c3cc(CO)ccn3)C2)c2cccc(=O)n21. The van der Waals surface area contributed by atoms with Crippen LogP contribution in [0.2, 0.25) is 0 Å². The molecule has 2 bridgehead atoms. The highest BCUT2D eigenvalue weighted by Gasteiger charge is 2.42. The molecule has 152 valence electrons. The molecule has 0 radical (unpaired) electrons. The van der Waals surface area contributed by atoms with Gasteiger partial charge in [0.15, 0.2) is 0 Å². The van der Waals surface area contributed by atoms with Gasteiger partial charge in [0.25, 0.3) is 11.5 Å². The van der Waals surface area contributed by atoms with E-state index in [0.29, 0.717) is 30.9 Å². The monoisotopic (exact) mass is 396 g/mol. The van der Waals surface area contributed by atoms with Gasteiger partial charge in [-0.3, -0.25) is 19.4 Å². The Labute approximate surface area is 168 Å². The molecule has 4 rings (SSSR count). The van der Waals surface area contributed by atoms with Crippen molar-refractivity contribution in [3.05, 3.63) is 63.8 Å². The molecule has 3 atom stereocenters. The highest BCUT2D eigenvalue weighted by atomic mass is 16.3. The van der Waals surface area contributed by atoms with E-state index in [1.807, 2.05) is 6.07 Å². The van der Waals surface area contributed by atoms with Crippen LogP contribution < -0.4 is 10.9 Å². The number of likely N-dealkylation sites (tertiary alicyclic amines) is 1. The number of hydrogen-bond donors (Lipinski definition) is 2. The summed E-state index contributed by atoms with van der Waals surface area (Å²) in [5, 5.41) is 12.2. The zero-order valence-corrected chi connectivity index (χ0v) is 16.2. The zero-order valence-electron chi connectivity index (χ0n) is 16.2. The van der Waals surface area contributed by atoms with Crippen LogP contribution in [-0.4, -0.2) is 51.0 Å². The standard InChI is InChI=1S/C21H24N4O4/c1-13(27)23-9-19-16-8-15(18-3-2-4-20(28)25(18)19)10-24(11-16)21(29)17-7-14(12-26)5-6-22-17/h2-7,15-16,19,26H,8-12H2,1H3,(H,23,27)/t15-,16+,19+/m1/s1. The second-order valence-electron chi connectivity index (χ2n) is 7.77. The molecular weight excluding hydrogens is 372 g/mol. The van der Waals surface area contributed by atoms with Crippen LogP contribution >= 0.6 is 0 Å². The van der Waals surface area contributed by atoms with E-state index in [0.717, 1.165) is 12.1 Å². The summed E-state index contributed by atoms with van der Waals surface area (Å²) in [6.07, 6.45) is 2.39. The molecule has 2 aliphatic heterocycles. The molecule has 2 aromatic rings. The molecule has 1 saturated heterocycles. The van der Waals surface area contributed by atoms with Crippen LogP contribution in [0.3, 0.4) is 0 Å². The zero-order chi connectivity index (χ0) is 20.5. The number of piperidine rings is 1. The summed E-state index contributed by atoms with van der Waals surface area (Å²) in [7, 11) is 0. The van der Waals surface area contributed by atoms with Crippen LogP contribution in [0.15, 0.2) is 41.3 Å². The number of nitrogens with zero attached hydrogens (tertiary/aromatic N) is 3. The Bertz CT molecular complexity index is 1000. The number of aromatic nitrogens is 2. The fourth-order valence-corrected chi connectivity index (χ4v) is 4.57. The fraction of sp³-hybridized carbons (Fsp3) is 0.429. The van der Waals surface area contributed by atoms with E-state index in [1.165, 1.54) is 13.1 Å². The van der Waals surface area contributed by atoms with Crippen molar-refractivity contribution in [2.24, 2.45) is 5.92 Å². The Kier molecular flexibility index (Phi) is 5.19. The van der Waals surface area contributed by atoms with E-state index in [4.69, 9.17) is 0 Å². The van der Waals surface area contributed by atoms with Crippen molar-refractivity contribution in [1.82, 2.24) is 19.8 Å². The van der Waals surface area contributed by atoms with E-state index in [2.05, 4.69) is 10.3 Å². The lowest BCUT2D eigenvalue weighted by Crippen LogP contribution is -2.53. The molecule has 0 aliphatic carbocycles. The summed E-state index contributed by atoms with van der Waals surface area (Å²) in [6.45, 7) is 2.66. The predicted octanol–water partition coefficient (Wildman–Crippen LogP) is 0.672. The summed E-state index contributed by atoms with van der Waals surface area (Å²) in [6, 6.07) is 8.30. The number of nitrogens with one attached hydrogen (secondary N) is 1. The third-order valence-corrected chi connectivity index (χ3v) is 5.87. The summed E-state index contributed by atoms with van der Waals surface area (Å²) in [4.78, 5) is 43.1. The highest BCUT2D eigenvalue weighted by Crippen LogP contribution is 2.41. The molecule has 4 heterocycles. The van der Waals surface area contributed by atoms with Crippen LogP contribution in [0.4, 0.5) is 0 Å². The summed E-state index contributed by atoms with van der Waals surface area (Å²) < 4.78 is 1.79. The number of carbonyl (C=O) groups excluding carboxylic acids is 2. The molecule has 0 spiro atoms. The molecule has 29 heavy (non-hydrogen) atoms. The number of amides is 2. The van der Waals surface area contributed by atoms with Crippen LogP contribution in [0.25, 0.3) is 0 Å². The smallest absolute Gasteiger partial charge is 0.272 e. The predicted molar refractivity (Wildman–Crippen MR) is 105 cm³/mol. The molecule has 2 amide bonds. The Morgan fingerprint density at radius 1 is 1.28 bits per heavy atom. The van der Waals surface area contributed by atoms with E-state index >= 15 is 0 Å². The van der Waals surface area contributed by atoms with Crippen LogP contribution in [-0.2, 0) is 11.4 Å². The Morgan fingerprint density at radius 2 is 2.10 bits per heavy atom. The topological polar surface area (TPSA) is 105 Å². The lowest BCUT2D eigenvalue weighted by Gasteiger charge is -2.46. The van der Waals surface area contributed by atoms with Crippen molar-refractivity contribution in [2.75, 3.05) is 19.6 Å². The summed E-state index contributed by atoms with van der Waals surface area (Å²) in [5.41, 5.74) is 1.77. The van der Waals surface area contributed by atoms with Crippen molar-refractivity contribution in [1.29, 1.82) is 0 Å². The van der Waals surface area contributed by atoms with Crippen molar-refractivity contribution in [3.8, 4) is 0 Å². The maximum absolute atomic E-state index is 13.1. The number of carbonyl (C=O) groups is 2. The van der Waals surface area contributed by atoms with Gasteiger partial charge in [0.05, 0.1) is 12.6 Å². The maximum atomic E-state index is 13.1. The first-order valence-corrected chi connectivity index (χ1v) is 9.79. The molecule has 2 aromatic heterocycles. The molecule has 8 nitrogen and oxygen atoms in total. The molecule has 8 heteroatoms. The van der Waals surface area contributed by atoms with Crippen molar-refractivity contribution >= 4 is 11.8 Å². The van der Waals surface area contributed by atoms with Crippen molar-refractivity contribution in [2.45, 2.75) is 31.9 Å². The average Bonchev–Trinajstić information content (AvgIpc) is 2.73. The molecule has 1 fully saturated rings. The Hall–Kier alpha value is -3.00. The van der Waals surface area contributed by atoms with E-state index in [9.17, 15) is 19.5 Å².